The third kappa shape index (κ3) is 4.04. The van der Waals surface area contributed by atoms with Gasteiger partial charge < -0.3 is 4.57 Å². The Kier molecular flexibility index (Phi) is 5.23. The number of hydrogen-bond donors (Lipinski definition) is 1. The highest BCUT2D eigenvalue weighted by molar-refractivity contribution is 9.10. The number of hydrazone groups is 1. The number of carbonyl (C=O) groups excluding carboxylic acids is 1. The predicted molar refractivity (Wildman–Crippen MR) is 102 cm³/mol. The molecule has 1 heterocycles. The summed E-state index contributed by atoms with van der Waals surface area (Å²) in [5.41, 5.74) is 4.45. The summed E-state index contributed by atoms with van der Waals surface area (Å²) in [6.45, 7) is 0. The summed E-state index contributed by atoms with van der Waals surface area (Å²) in [4.78, 5) is 22.4. The molecule has 0 aliphatic rings. The Labute approximate surface area is 157 Å². The van der Waals surface area contributed by atoms with Gasteiger partial charge in [-0.15, -0.1) is 0 Å². The number of carbonyl (C=O) groups is 1. The highest BCUT2D eigenvalue weighted by Crippen LogP contribution is 2.17. The molecule has 0 saturated heterocycles. The predicted octanol–water partition coefficient (Wildman–Crippen LogP) is 3.91. The fourth-order valence-corrected chi connectivity index (χ4v) is 2.72. The number of non-ortho nitro benzene ring substituents is 1. The van der Waals surface area contributed by atoms with Crippen LogP contribution in [0.25, 0.3) is 5.69 Å². The van der Waals surface area contributed by atoms with Crippen LogP contribution >= 0.6 is 15.9 Å². The number of nitrogens with one attached hydrogen (secondary N) is 1. The van der Waals surface area contributed by atoms with Gasteiger partial charge in [0.25, 0.3) is 11.6 Å². The maximum Gasteiger partial charge on any atom is 0.271 e. The third-order valence-corrected chi connectivity index (χ3v) is 4.06. The first-order valence-corrected chi connectivity index (χ1v) is 8.35. The lowest BCUT2D eigenvalue weighted by Crippen LogP contribution is -2.17. The van der Waals surface area contributed by atoms with Crippen molar-refractivity contribution >= 4 is 33.7 Å². The highest BCUT2D eigenvalue weighted by atomic mass is 79.9. The first-order valence-electron chi connectivity index (χ1n) is 7.56. The highest BCUT2D eigenvalue weighted by Gasteiger charge is 2.07. The van der Waals surface area contributed by atoms with Crippen molar-refractivity contribution in [2.75, 3.05) is 0 Å². The summed E-state index contributed by atoms with van der Waals surface area (Å²) < 4.78 is 2.61. The summed E-state index contributed by atoms with van der Waals surface area (Å²) in [5, 5.41) is 14.7. The van der Waals surface area contributed by atoms with Crippen molar-refractivity contribution in [1.29, 1.82) is 0 Å². The van der Waals surface area contributed by atoms with Crippen LogP contribution in [0, 0.1) is 10.1 Å². The largest absolute Gasteiger partial charge is 0.316 e. The Bertz CT molecular complexity index is 980. The van der Waals surface area contributed by atoms with Crippen molar-refractivity contribution in [3.05, 3.63) is 92.7 Å². The van der Waals surface area contributed by atoms with Gasteiger partial charge in [-0.1, -0.05) is 22.0 Å². The molecule has 2 aromatic carbocycles. The van der Waals surface area contributed by atoms with E-state index in [0.717, 1.165) is 10.2 Å². The van der Waals surface area contributed by atoms with Gasteiger partial charge >= 0.3 is 0 Å². The van der Waals surface area contributed by atoms with E-state index in [4.69, 9.17) is 0 Å². The molecule has 0 radical (unpaired) electrons. The van der Waals surface area contributed by atoms with Crippen LogP contribution in [0.2, 0.25) is 0 Å². The quantitative estimate of drug-likeness (QED) is 0.391. The van der Waals surface area contributed by atoms with Crippen molar-refractivity contribution in [2.45, 2.75) is 0 Å². The fraction of sp³-hybridized carbons (Fsp3) is 0. The van der Waals surface area contributed by atoms with Crippen molar-refractivity contribution < 1.29 is 9.72 Å². The Morgan fingerprint density at radius 1 is 1.15 bits per heavy atom. The average molecular weight is 413 g/mol. The van der Waals surface area contributed by atoms with Gasteiger partial charge in [0.2, 0.25) is 0 Å². The molecule has 7 nitrogen and oxygen atoms in total. The van der Waals surface area contributed by atoms with Gasteiger partial charge in [0.05, 0.1) is 16.8 Å². The Balaban J connectivity index is 1.73. The summed E-state index contributed by atoms with van der Waals surface area (Å²) in [6.07, 6.45) is 3.32. The van der Waals surface area contributed by atoms with E-state index in [0.29, 0.717) is 11.3 Å². The number of rotatable bonds is 5. The minimum atomic E-state index is -0.445. The maximum absolute atomic E-state index is 12.1. The number of benzene rings is 2. The van der Waals surface area contributed by atoms with Gasteiger partial charge in [-0.05, 0) is 42.5 Å². The molecule has 0 spiro atoms. The Hall–Kier alpha value is -3.26. The molecule has 3 rings (SSSR count). The van der Waals surface area contributed by atoms with E-state index in [1.54, 1.807) is 41.1 Å². The zero-order valence-corrected chi connectivity index (χ0v) is 15.0. The molecule has 0 aliphatic carbocycles. The van der Waals surface area contributed by atoms with Crippen molar-refractivity contribution in [3.8, 4) is 5.69 Å². The molecule has 0 saturated carbocycles. The molecule has 0 unspecified atom stereocenters. The average Bonchev–Trinajstić information content (AvgIpc) is 3.10. The smallest absolute Gasteiger partial charge is 0.271 e. The van der Waals surface area contributed by atoms with Gasteiger partial charge in [0, 0.05) is 34.1 Å². The Morgan fingerprint density at radius 2 is 1.92 bits per heavy atom. The van der Waals surface area contributed by atoms with Gasteiger partial charge in [-0.2, -0.15) is 5.10 Å². The molecule has 1 aromatic heterocycles. The second-order valence-electron chi connectivity index (χ2n) is 5.29. The summed E-state index contributed by atoms with van der Waals surface area (Å²) >= 11 is 3.32. The van der Waals surface area contributed by atoms with Crippen LogP contribution in [0.4, 0.5) is 5.69 Å². The van der Waals surface area contributed by atoms with Gasteiger partial charge in [-0.3, -0.25) is 14.9 Å². The van der Waals surface area contributed by atoms with Gasteiger partial charge in [0.15, 0.2) is 0 Å². The zero-order chi connectivity index (χ0) is 18.5. The topological polar surface area (TPSA) is 89.5 Å². The number of aromatic nitrogens is 1. The molecule has 0 aliphatic heterocycles. The molecule has 1 amide bonds. The minimum Gasteiger partial charge on any atom is -0.316 e. The molecule has 26 heavy (non-hydrogen) atoms. The molecule has 0 bridgehead atoms. The van der Waals surface area contributed by atoms with E-state index >= 15 is 0 Å². The van der Waals surface area contributed by atoms with Crippen LogP contribution in [-0.2, 0) is 0 Å². The molecule has 0 atom stereocenters. The molecule has 130 valence electrons. The second kappa shape index (κ2) is 7.75. The number of nitrogens with zero attached hydrogens (tertiary/aromatic N) is 3. The van der Waals surface area contributed by atoms with Gasteiger partial charge in [-0.25, -0.2) is 5.43 Å². The first-order chi connectivity index (χ1) is 12.5. The van der Waals surface area contributed by atoms with Gasteiger partial charge in [0.1, 0.15) is 0 Å². The van der Waals surface area contributed by atoms with Crippen molar-refractivity contribution in [1.82, 2.24) is 9.99 Å². The number of nitro benzene ring substituents is 1. The molecule has 0 fully saturated rings. The van der Waals surface area contributed by atoms with Crippen LogP contribution in [0.1, 0.15) is 16.1 Å². The zero-order valence-electron chi connectivity index (χ0n) is 13.4. The van der Waals surface area contributed by atoms with Crippen molar-refractivity contribution in [2.24, 2.45) is 5.10 Å². The van der Waals surface area contributed by atoms with Crippen LogP contribution in [0.15, 0.2) is 76.4 Å². The molecular formula is C18H13BrN4O3. The minimum absolute atomic E-state index is 0.0254. The number of amides is 1. The molecular weight excluding hydrogens is 400 g/mol. The lowest BCUT2D eigenvalue weighted by atomic mass is 10.2. The summed E-state index contributed by atoms with van der Waals surface area (Å²) in [7, 11) is 0. The summed E-state index contributed by atoms with van der Waals surface area (Å²) in [6, 6.07) is 16.8. The summed E-state index contributed by atoms with van der Waals surface area (Å²) in [5.74, 6) is -0.323. The Morgan fingerprint density at radius 3 is 2.62 bits per heavy atom. The number of halogens is 1. The normalized spacial score (nSPS) is 10.8. The van der Waals surface area contributed by atoms with Crippen molar-refractivity contribution in [3.63, 3.8) is 0 Å². The SMILES string of the molecule is O=C(NN=Cc1cccn1-c1ccc([N+](=O)[O-])cc1)c1cccc(Br)c1. The second-order valence-corrected chi connectivity index (χ2v) is 6.20. The van der Waals surface area contributed by atoms with E-state index in [2.05, 4.69) is 26.5 Å². The molecule has 3 aromatic rings. The van der Waals surface area contributed by atoms with E-state index in [-0.39, 0.29) is 11.6 Å². The van der Waals surface area contributed by atoms with E-state index in [9.17, 15) is 14.9 Å². The van der Waals surface area contributed by atoms with Crippen LogP contribution in [-0.4, -0.2) is 21.6 Å². The van der Waals surface area contributed by atoms with Crippen LogP contribution in [0.3, 0.4) is 0 Å². The monoisotopic (exact) mass is 412 g/mol. The maximum atomic E-state index is 12.1. The fourth-order valence-electron chi connectivity index (χ4n) is 2.32. The lowest BCUT2D eigenvalue weighted by molar-refractivity contribution is -0.384. The molecule has 1 N–H and O–H groups in total. The number of hydrogen-bond acceptors (Lipinski definition) is 4. The van der Waals surface area contributed by atoms with E-state index in [1.165, 1.54) is 18.3 Å². The van der Waals surface area contributed by atoms with E-state index < -0.39 is 4.92 Å². The number of nitro groups is 1. The molecule has 8 heteroatoms. The van der Waals surface area contributed by atoms with Crippen LogP contribution < -0.4 is 5.43 Å². The lowest BCUT2D eigenvalue weighted by Gasteiger charge is -2.06. The van der Waals surface area contributed by atoms with Crippen LogP contribution in [0.5, 0.6) is 0 Å². The first kappa shape index (κ1) is 17.6. The third-order valence-electron chi connectivity index (χ3n) is 3.57. The standard InChI is InChI=1S/C18H13BrN4O3/c19-14-4-1-3-13(11-14)18(24)21-20-12-17-5-2-10-22(17)15-6-8-16(9-7-15)23(25)26/h1-12H,(H,21,24). The van der Waals surface area contributed by atoms with E-state index in [1.807, 2.05) is 18.2 Å².